The van der Waals surface area contributed by atoms with Crippen molar-refractivity contribution in [2.75, 3.05) is 27.7 Å². The summed E-state index contributed by atoms with van der Waals surface area (Å²) in [6.45, 7) is 2.46. The predicted octanol–water partition coefficient (Wildman–Crippen LogP) is 1.01. The average Bonchev–Trinajstić information content (AvgIpc) is 2.81. The molecule has 2 aliphatic rings. The Kier molecular flexibility index (Phi) is 4.76. The molecular weight excluding hydrogens is 318 g/mol. The van der Waals surface area contributed by atoms with Gasteiger partial charge in [0.1, 0.15) is 5.82 Å². The standard InChI is InChI=1S/C18H25N5O2/c1-21(2)18(25)13-7-5-12(6-8-13)17-20-15(16(19)24)14-11-22(3)9-4-10-23(14)17/h5,7H,4,6,8-11H2,1-3H3,(H2,19,24). The Morgan fingerprint density at radius 2 is 1.96 bits per heavy atom. The van der Waals surface area contributed by atoms with Gasteiger partial charge in [0, 0.05) is 32.8 Å². The summed E-state index contributed by atoms with van der Waals surface area (Å²) < 4.78 is 2.13. The molecule has 2 amide bonds. The van der Waals surface area contributed by atoms with Crippen molar-refractivity contribution >= 4 is 17.4 Å². The number of nitrogens with two attached hydrogens (primary N) is 1. The van der Waals surface area contributed by atoms with Gasteiger partial charge in [0.15, 0.2) is 5.69 Å². The minimum atomic E-state index is -0.485. The third kappa shape index (κ3) is 3.37. The van der Waals surface area contributed by atoms with Crippen molar-refractivity contribution in [3.05, 3.63) is 34.9 Å². The van der Waals surface area contributed by atoms with Crippen LogP contribution in [0.4, 0.5) is 0 Å². The summed E-state index contributed by atoms with van der Waals surface area (Å²) in [6.07, 6.45) is 6.23. The maximum absolute atomic E-state index is 12.1. The Balaban J connectivity index is 2.00. The number of carbonyl (C=O) groups excluding carboxylic acids is 2. The topological polar surface area (TPSA) is 84.5 Å². The molecule has 1 aliphatic carbocycles. The first-order valence-electron chi connectivity index (χ1n) is 8.58. The largest absolute Gasteiger partial charge is 0.364 e. The lowest BCUT2D eigenvalue weighted by atomic mass is 9.97. The molecule has 0 fully saturated rings. The zero-order chi connectivity index (χ0) is 18.1. The van der Waals surface area contributed by atoms with Crippen LogP contribution in [0.2, 0.25) is 0 Å². The molecule has 0 saturated carbocycles. The number of hydrogen-bond donors (Lipinski definition) is 1. The molecular formula is C18H25N5O2. The third-order valence-corrected chi connectivity index (χ3v) is 4.76. The number of imidazole rings is 1. The van der Waals surface area contributed by atoms with E-state index in [1.165, 1.54) is 0 Å². The van der Waals surface area contributed by atoms with E-state index in [-0.39, 0.29) is 5.91 Å². The van der Waals surface area contributed by atoms with E-state index in [2.05, 4.69) is 14.5 Å². The van der Waals surface area contributed by atoms with Crippen molar-refractivity contribution in [1.82, 2.24) is 19.4 Å². The van der Waals surface area contributed by atoms with Gasteiger partial charge in [-0.2, -0.15) is 0 Å². The first-order chi connectivity index (χ1) is 11.9. The Morgan fingerprint density at radius 3 is 2.56 bits per heavy atom. The summed E-state index contributed by atoms with van der Waals surface area (Å²) in [7, 11) is 5.55. The van der Waals surface area contributed by atoms with Gasteiger partial charge in [-0.05, 0) is 38.4 Å². The van der Waals surface area contributed by atoms with E-state index in [1.807, 2.05) is 19.2 Å². The number of fused-ring (bicyclic) bond motifs is 1. The van der Waals surface area contributed by atoms with Crippen molar-refractivity contribution < 1.29 is 9.59 Å². The molecule has 134 valence electrons. The number of allylic oxidation sites excluding steroid dienone is 3. The van der Waals surface area contributed by atoms with E-state index in [1.54, 1.807) is 19.0 Å². The number of primary amides is 1. The van der Waals surface area contributed by atoms with Crippen molar-refractivity contribution in [1.29, 1.82) is 0 Å². The molecule has 0 saturated heterocycles. The van der Waals surface area contributed by atoms with E-state index in [0.717, 1.165) is 48.6 Å². The van der Waals surface area contributed by atoms with Gasteiger partial charge in [-0.3, -0.25) is 9.59 Å². The van der Waals surface area contributed by atoms with E-state index in [9.17, 15) is 9.59 Å². The van der Waals surface area contributed by atoms with Crippen LogP contribution >= 0.6 is 0 Å². The summed E-state index contributed by atoms with van der Waals surface area (Å²) in [5.74, 6) is 0.365. The van der Waals surface area contributed by atoms with Gasteiger partial charge in [0.05, 0.1) is 5.69 Å². The van der Waals surface area contributed by atoms with Crippen LogP contribution in [0.15, 0.2) is 17.7 Å². The highest BCUT2D eigenvalue weighted by Gasteiger charge is 2.26. The van der Waals surface area contributed by atoms with Gasteiger partial charge in [0.25, 0.3) is 5.91 Å². The molecule has 0 radical (unpaired) electrons. The number of aromatic nitrogens is 2. The lowest BCUT2D eigenvalue weighted by molar-refractivity contribution is -0.124. The predicted molar refractivity (Wildman–Crippen MR) is 95.7 cm³/mol. The number of amides is 2. The van der Waals surface area contributed by atoms with E-state index in [4.69, 9.17) is 5.73 Å². The smallest absolute Gasteiger partial charge is 0.269 e. The van der Waals surface area contributed by atoms with Crippen molar-refractivity contribution in [2.24, 2.45) is 5.73 Å². The zero-order valence-corrected chi connectivity index (χ0v) is 15.1. The molecule has 0 unspecified atom stereocenters. The van der Waals surface area contributed by atoms with Gasteiger partial charge >= 0.3 is 0 Å². The molecule has 1 aliphatic heterocycles. The van der Waals surface area contributed by atoms with Gasteiger partial charge in [-0.1, -0.05) is 12.2 Å². The van der Waals surface area contributed by atoms with Crippen molar-refractivity contribution in [3.63, 3.8) is 0 Å². The quantitative estimate of drug-likeness (QED) is 0.888. The molecule has 0 aromatic carbocycles. The summed E-state index contributed by atoms with van der Waals surface area (Å²) in [6, 6.07) is 0. The van der Waals surface area contributed by atoms with Crippen molar-refractivity contribution in [2.45, 2.75) is 32.4 Å². The number of likely N-dealkylation sites (N-methyl/N-ethyl adjacent to an activating group) is 1. The van der Waals surface area contributed by atoms with Crippen LogP contribution in [0.3, 0.4) is 0 Å². The number of rotatable bonds is 3. The van der Waals surface area contributed by atoms with Gasteiger partial charge in [-0.15, -0.1) is 0 Å². The summed E-state index contributed by atoms with van der Waals surface area (Å²) in [5.41, 5.74) is 8.66. The van der Waals surface area contributed by atoms with Crippen LogP contribution in [-0.4, -0.2) is 58.9 Å². The maximum Gasteiger partial charge on any atom is 0.269 e. The summed E-state index contributed by atoms with van der Waals surface area (Å²) in [4.78, 5) is 32.3. The van der Waals surface area contributed by atoms with Gasteiger partial charge in [-0.25, -0.2) is 4.98 Å². The zero-order valence-electron chi connectivity index (χ0n) is 15.1. The Labute approximate surface area is 147 Å². The van der Waals surface area contributed by atoms with Crippen LogP contribution in [0.1, 0.15) is 41.3 Å². The second kappa shape index (κ2) is 6.84. The average molecular weight is 343 g/mol. The minimum Gasteiger partial charge on any atom is -0.364 e. The van der Waals surface area contributed by atoms with Crippen LogP contribution < -0.4 is 5.73 Å². The lowest BCUT2D eigenvalue weighted by Gasteiger charge is -2.18. The second-order valence-electron chi connectivity index (χ2n) is 6.92. The van der Waals surface area contributed by atoms with Crippen LogP contribution in [-0.2, 0) is 17.9 Å². The number of hydrogen-bond acceptors (Lipinski definition) is 4. The van der Waals surface area contributed by atoms with E-state index >= 15 is 0 Å². The second-order valence-corrected chi connectivity index (χ2v) is 6.92. The molecule has 0 atom stereocenters. The minimum absolute atomic E-state index is 0.0386. The maximum atomic E-state index is 12.1. The summed E-state index contributed by atoms with van der Waals surface area (Å²) >= 11 is 0. The number of nitrogens with zero attached hydrogens (tertiary/aromatic N) is 4. The molecule has 7 nitrogen and oxygen atoms in total. The summed E-state index contributed by atoms with van der Waals surface area (Å²) in [5, 5.41) is 0. The Hall–Kier alpha value is -2.41. The van der Waals surface area contributed by atoms with Gasteiger partial charge in [0.2, 0.25) is 5.91 Å². The first-order valence-corrected chi connectivity index (χ1v) is 8.58. The highest BCUT2D eigenvalue weighted by atomic mass is 16.2. The fraction of sp³-hybridized carbons (Fsp3) is 0.500. The Morgan fingerprint density at radius 1 is 1.20 bits per heavy atom. The van der Waals surface area contributed by atoms with Crippen molar-refractivity contribution in [3.8, 4) is 0 Å². The monoisotopic (exact) mass is 343 g/mol. The van der Waals surface area contributed by atoms with E-state index < -0.39 is 5.91 Å². The molecule has 0 bridgehead atoms. The first kappa shape index (κ1) is 17.4. The fourth-order valence-electron chi connectivity index (χ4n) is 3.45. The third-order valence-electron chi connectivity index (χ3n) is 4.76. The van der Waals surface area contributed by atoms with E-state index in [0.29, 0.717) is 18.7 Å². The molecule has 2 N–H and O–H groups in total. The molecule has 7 heteroatoms. The lowest BCUT2D eigenvalue weighted by Crippen LogP contribution is -2.24. The van der Waals surface area contributed by atoms with Crippen LogP contribution in [0.5, 0.6) is 0 Å². The Bertz CT molecular complexity index is 773. The number of carbonyl (C=O) groups is 2. The normalized spacial score (nSPS) is 18.0. The highest BCUT2D eigenvalue weighted by molar-refractivity contribution is 5.95. The molecule has 2 heterocycles. The van der Waals surface area contributed by atoms with Gasteiger partial charge < -0.3 is 20.1 Å². The molecule has 1 aromatic heterocycles. The van der Waals surface area contributed by atoms with Crippen LogP contribution in [0.25, 0.3) is 5.57 Å². The van der Waals surface area contributed by atoms with Crippen LogP contribution in [0, 0.1) is 0 Å². The molecule has 25 heavy (non-hydrogen) atoms. The molecule has 0 spiro atoms. The highest BCUT2D eigenvalue weighted by Crippen LogP contribution is 2.30. The molecule has 1 aromatic rings. The SMILES string of the molecule is CN1CCCn2c(C3=CC=C(C(=O)N(C)C)CC3)nc(C(N)=O)c2C1. The molecule has 3 rings (SSSR count). The fourth-order valence-corrected chi connectivity index (χ4v) is 3.45.